The molecule has 0 radical (unpaired) electrons. The van der Waals surface area contributed by atoms with E-state index in [4.69, 9.17) is 44.3 Å². The van der Waals surface area contributed by atoms with E-state index in [-0.39, 0.29) is 4.83 Å². The lowest BCUT2D eigenvalue weighted by Crippen LogP contribution is -1.99. The Labute approximate surface area is 147 Å². The minimum absolute atomic E-state index is 0.160. The third kappa shape index (κ3) is 3.59. The molecule has 0 spiro atoms. The average Bonchev–Trinajstić information content (AvgIpc) is 2.45. The van der Waals surface area contributed by atoms with Crippen LogP contribution in [0.1, 0.15) is 16.0 Å². The SMILES string of the molecule is COc1ccc(C(Br)c2cc(Cl)cc(Cl)c2)c(OC)c1Cl. The fraction of sp³-hybridized carbons (Fsp3) is 0.200. The highest BCUT2D eigenvalue weighted by atomic mass is 79.9. The highest BCUT2D eigenvalue weighted by Gasteiger charge is 2.20. The molecule has 0 aliphatic heterocycles. The lowest BCUT2D eigenvalue weighted by atomic mass is 10.0. The highest BCUT2D eigenvalue weighted by molar-refractivity contribution is 9.09. The smallest absolute Gasteiger partial charge is 0.145 e. The molecule has 0 bridgehead atoms. The van der Waals surface area contributed by atoms with Crippen LogP contribution in [-0.2, 0) is 0 Å². The maximum atomic E-state index is 6.29. The van der Waals surface area contributed by atoms with E-state index in [1.807, 2.05) is 18.2 Å². The molecule has 1 atom stereocenters. The van der Waals surface area contributed by atoms with Crippen molar-refractivity contribution < 1.29 is 9.47 Å². The van der Waals surface area contributed by atoms with Crippen molar-refractivity contribution in [3.63, 3.8) is 0 Å². The fourth-order valence-electron chi connectivity index (χ4n) is 2.02. The number of hydrogen-bond donors (Lipinski definition) is 0. The maximum Gasteiger partial charge on any atom is 0.145 e. The van der Waals surface area contributed by atoms with Crippen LogP contribution in [0.5, 0.6) is 11.5 Å². The Morgan fingerprint density at radius 3 is 2.10 bits per heavy atom. The molecule has 0 fully saturated rings. The average molecular weight is 411 g/mol. The zero-order valence-corrected chi connectivity index (χ0v) is 15.1. The molecule has 2 rings (SSSR count). The molecule has 0 amide bonds. The summed E-state index contributed by atoms with van der Waals surface area (Å²) in [5, 5.41) is 1.57. The second-order valence-electron chi connectivity index (χ2n) is 4.27. The molecule has 0 aliphatic rings. The third-order valence-electron chi connectivity index (χ3n) is 2.97. The number of methoxy groups -OCH3 is 2. The fourth-order valence-corrected chi connectivity index (χ4v) is 3.51. The van der Waals surface area contributed by atoms with Crippen molar-refractivity contribution in [1.82, 2.24) is 0 Å². The van der Waals surface area contributed by atoms with E-state index in [1.165, 1.54) is 0 Å². The van der Waals surface area contributed by atoms with Gasteiger partial charge in [0.1, 0.15) is 16.5 Å². The van der Waals surface area contributed by atoms with Gasteiger partial charge in [-0.2, -0.15) is 0 Å². The van der Waals surface area contributed by atoms with Gasteiger partial charge in [-0.25, -0.2) is 0 Å². The molecule has 0 aromatic heterocycles. The van der Waals surface area contributed by atoms with Crippen molar-refractivity contribution in [2.75, 3.05) is 14.2 Å². The van der Waals surface area contributed by atoms with E-state index in [0.717, 1.165) is 11.1 Å². The first-order valence-electron chi connectivity index (χ1n) is 5.98. The van der Waals surface area contributed by atoms with E-state index in [9.17, 15) is 0 Å². The summed E-state index contributed by atoms with van der Waals surface area (Å²) in [5.74, 6) is 1.11. The van der Waals surface area contributed by atoms with Crippen LogP contribution >= 0.6 is 50.7 Å². The van der Waals surface area contributed by atoms with E-state index < -0.39 is 0 Å². The normalized spacial score (nSPS) is 12.1. The van der Waals surface area contributed by atoms with Gasteiger partial charge in [0.05, 0.1) is 19.0 Å². The zero-order valence-electron chi connectivity index (χ0n) is 11.3. The highest BCUT2D eigenvalue weighted by Crippen LogP contribution is 2.44. The van der Waals surface area contributed by atoms with Crippen molar-refractivity contribution in [2.45, 2.75) is 4.83 Å². The van der Waals surface area contributed by atoms with Gasteiger partial charge in [0.15, 0.2) is 0 Å². The Morgan fingerprint density at radius 1 is 0.952 bits per heavy atom. The molecule has 1 unspecified atom stereocenters. The predicted octanol–water partition coefficient (Wildman–Crippen LogP) is 6.15. The van der Waals surface area contributed by atoms with Crippen LogP contribution in [0, 0.1) is 0 Å². The third-order valence-corrected chi connectivity index (χ3v) is 4.78. The molecule has 112 valence electrons. The Morgan fingerprint density at radius 2 is 1.57 bits per heavy atom. The van der Waals surface area contributed by atoms with Gasteiger partial charge in [-0.05, 0) is 29.8 Å². The van der Waals surface area contributed by atoms with Gasteiger partial charge in [-0.15, -0.1) is 0 Å². The van der Waals surface area contributed by atoms with Crippen LogP contribution < -0.4 is 9.47 Å². The number of benzene rings is 2. The van der Waals surface area contributed by atoms with Crippen molar-refractivity contribution in [1.29, 1.82) is 0 Å². The molecule has 21 heavy (non-hydrogen) atoms. The van der Waals surface area contributed by atoms with Gasteiger partial charge in [0.2, 0.25) is 0 Å². The first-order chi connectivity index (χ1) is 9.97. The van der Waals surface area contributed by atoms with Gasteiger partial charge < -0.3 is 9.47 Å². The summed E-state index contributed by atoms with van der Waals surface area (Å²) in [5.41, 5.74) is 1.77. The topological polar surface area (TPSA) is 18.5 Å². The molecular weight excluding hydrogens is 398 g/mol. The van der Waals surface area contributed by atoms with Crippen LogP contribution in [-0.4, -0.2) is 14.2 Å². The van der Waals surface area contributed by atoms with Crippen LogP contribution in [0.3, 0.4) is 0 Å². The van der Waals surface area contributed by atoms with E-state index in [1.54, 1.807) is 26.4 Å². The first-order valence-corrected chi connectivity index (χ1v) is 8.03. The predicted molar refractivity (Wildman–Crippen MR) is 91.8 cm³/mol. The molecule has 6 heteroatoms. The van der Waals surface area contributed by atoms with Crippen LogP contribution in [0.15, 0.2) is 30.3 Å². The maximum absolute atomic E-state index is 6.29. The van der Waals surface area contributed by atoms with Crippen molar-refractivity contribution in [3.05, 3.63) is 56.5 Å². The van der Waals surface area contributed by atoms with Gasteiger partial charge >= 0.3 is 0 Å². The van der Waals surface area contributed by atoms with E-state index in [0.29, 0.717) is 26.6 Å². The zero-order chi connectivity index (χ0) is 15.6. The molecule has 2 aromatic carbocycles. The van der Waals surface area contributed by atoms with Crippen molar-refractivity contribution >= 4 is 50.7 Å². The Balaban J connectivity index is 2.52. The van der Waals surface area contributed by atoms with Gasteiger partial charge in [-0.1, -0.05) is 56.8 Å². The lowest BCUT2D eigenvalue weighted by molar-refractivity contribution is 0.392. The van der Waals surface area contributed by atoms with E-state index >= 15 is 0 Å². The Kier molecular flexibility index (Phi) is 5.67. The monoisotopic (exact) mass is 408 g/mol. The van der Waals surface area contributed by atoms with Gasteiger partial charge in [0, 0.05) is 15.6 Å². The summed E-state index contributed by atoms with van der Waals surface area (Å²) in [6, 6.07) is 9.04. The van der Waals surface area contributed by atoms with Gasteiger partial charge in [-0.3, -0.25) is 0 Å². The molecule has 2 aromatic rings. The Bertz CT molecular complexity index is 641. The second-order valence-corrected chi connectivity index (χ2v) is 6.44. The Hall–Kier alpha value is -0.610. The quantitative estimate of drug-likeness (QED) is 0.563. The van der Waals surface area contributed by atoms with Crippen LogP contribution in [0.25, 0.3) is 0 Å². The first kappa shape index (κ1) is 16.8. The largest absolute Gasteiger partial charge is 0.495 e. The lowest BCUT2D eigenvalue weighted by Gasteiger charge is -2.18. The summed E-state index contributed by atoms with van der Waals surface area (Å²) in [6.07, 6.45) is 0. The van der Waals surface area contributed by atoms with Gasteiger partial charge in [0.25, 0.3) is 0 Å². The summed E-state index contributed by atoms with van der Waals surface area (Å²) in [7, 11) is 3.12. The summed E-state index contributed by atoms with van der Waals surface area (Å²) in [6.45, 7) is 0. The molecule has 0 saturated carbocycles. The number of hydrogen-bond acceptors (Lipinski definition) is 2. The number of ether oxygens (including phenoxy) is 2. The van der Waals surface area contributed by atoms with Crippen molar-refractivity contribution in [3.8, 4) is 11.5 Å². The van der Waals surface area contributed by atoms with Crippen LogP contribution in [0.2, 0.25) is 15.1 Å². The molecule has 0 N–H and O–H groups in total. The molecule has 0 heterocycles. The molecule has 0 saturated heterocycles. The number of alkyl halides is 1. The summed E-state index contributed by atoms with van der Waals surface area (Å²) < 4.78 is 10.6. The minimum Gasteiger partial charge on any atom is -0.495 e. The number of halogens is 4. The minimum atomic E-state index is -0.160. The molecule has 2 nitrogen and oxygen atoms in total. The molecule has 0 aliphatic carbocycles. The summed E-state index contributed by atoms with van der Waals surface area (Å²) >= 11 is 22.0. The number of rotatable bonds is 4. The van der Waals surface area contributed by atoms with Crippen molar-refractivity contribution in [2.24, 2.45) is 0 Å². The standard InChI is InChI=1S/C15H12BrCl3O2/c1-20-12-4-3-11(15(21-2)14(12)19)13(16)8-5-9(17)7-10(18)6-8/h3-7,13H,1-2H3. The van der Waals surface area contributed by atoms with Crippen LogP contribution in [0.4, 0.5) is 0 Å². The summed E-state index contributed by atoms with van der Waals surface area (Å²) in [4.78, 5) is -0.160. The van der Waals surface area contributed by atoms with E-state index in [2.05, 4.69) is 15.9 Å². The molecular formula is C15H12BrCl3O2. The second kappa shape index (κ2) is 7.10.